The SMILES string of the molecule is CCc1ccc(-c2cc(=O)[nH]c(C)n2)cc1. The highest BCUT2D eigenvalue weighted by molar-refractivity contribution is 5.58. The minimum atomic E-state index is -0.109. The summed E-state index contributed by atoms with van der Waals surface area (Å²) in [7, 11) is 0. The Bertz CT molecular complexity index is 541. The van der Waals surface area contributed by atoms with Crippen molar-refractivity contribution in [2.45, 2.75) is 20.3 Å². The van der Waals surface area contributed by atoms with Crippen LogP contribution in [0, 0.1) is 6.92 Å². The maximum Gasteiger partial charge on any atom is 0.251 e. The van der Waals surface area contributed by atoms with Gasteiger partial charge in [-0.1, -0.05) is 31.2 Å². The molecule has 3 nitrogen and oxygen atoms in total. The first kappa shape index (κ1) is 10.6. The number of nitrogens with one attached hydrogen (secondary N) is 1. The van der Waals surface area contributed by atoms with Crippen molar-refractivity contribution in [3.8, 4) is 11.3 Å². The van der Waals surface area contributed by atoms with Crippen molar-refractivity contribution >= 4 is 0 Å². The summed E-state index contributed by atoms with van der Waals surface area (Å²) in [6.45, 7) is 3.90. The second-order valence-electron chi connectivity index (χ2n) is 3.77. The van der Waals surface area contributed by atoms with Crippen LogP contribution < -0.4 is 5.56 Å². The van der Waals surface area contributed by atoms with Gasteiger partial charge < -0.3 is 4.98 Å². The van der Waals surface area contributed by atoms with E-state index in [0.29, 0.717) is 5.82 Å². The summed E-state index contributed by atoms with van der Waals surface area (Å²) in [5.41, 5.74) is 2.88. The summed E-state index contributed by atoms with van der Waals surface area (Å²) in [6.07, 6.45) is 1.02. The first-order chi connectivity index (χ1) is 7.69. The Hall–Kier alpha value is -1.90. The molecule has 0 fully saturated rings. The summed E-state index contributed by atoms with van der Waals surface area (Å²) in [5.74, 6) is 0.641. The smallest absolute Gasteiger partial charge is 0.251 e. The number of H-pyrrole nitrogens is 1. The average Bonchev–Trinajstić information content (AvgIpc) is 2.28. The molecule has 0 bridgehead atoms. The summed E-state index contributed by atoms with van der Waals surface area (Å²) in [4.78, 5) is 18.3. The summed E-state index contributed by atoms with van der Waals surface area (Å²) in [5, 5.41) is 0. The molecule has 16 heavy (non-hydrogen) atoms. The molecule has 0 atom stereocenters. The molecule has 1 heterocycles. The fourth-order valence-corrected chi connectivity index (χ4v) is 1.64. The van der Waals surface area contributed by atoms with Gasteiger partial charge >= 0.3 is 0 Å². The topological polar surface area (TPSA) is 45.8 Å². The molecule has 0 unspecified atom stereocenters. The highest BCUT2D eigenvalue weighted by Crippen LogP contribution is 2.16. The second-order valence-corrected chi connectivity index (χ2v) is 3.77. The Morgan fingerprint density at radius 1 is 1.25 bits per heavy atom. The van der Waals surface area contributed by atoms with Crippen LogP contribution in [0.25, 0.3) is 11.3 Å². The number of benzene rings is 1. The van der Waals surface area contributed by atoms with Crippen molar-refractivity contribution in [3.05, 3.63) is 52.1 Å². The Balaban J connectivity index is 2.46. The van der Waals surface area contributed by atoms with Crippen molar-refractivity contribution in [2.24, 2.45) is 0 Å². The zero-order valence-corrected chi connectivity index (χ0v) is 9.45. The molecule has 0 saturated heterocycles. The van der Waals surface area contributed by atoms with Crippen LogP contribution in [-0.2, 0) is 6.42 Å². The van der Waals surface area contributed by atoms with E-state index in [-0.39, 0.29) is 5.56 Å². The van der Waals surface area contributed by atoms with Gasteiger partial charge in [-0.05, 0) is 18.9 Å². The van der Waals surface area contributed by atoms with E-state index >= 15 is 0 Å². The number of aromatic amines is 1. The molecule has 0 aliphatic rings. The largest absolute Gasteiger partial charge is 0.311 e. The number of rotatable bonds is 2. The molecule has 82 valence electrons. The molecule has 2 rings (SSSR count). The molecule has 0 saturated carbocycles. The van der Waals surface area contributed by atoms with Gasteiger partial charge in [0.15, 0.2) is 0 Å². The van der Waals surface area contributed by atoms with Gasteiger partial charge in [-0.2, -0.15) is 0 Å². The van der Waals surface area contributed by atoms with Crippen LogP contribution in [0.1, 0.15) is 18.3 Å². The highest BCUT2D eigenvalue weighted by Gasteiger charge is 2.01. The fourth-order valence-electron chi connectivity index (χ4n) is 1.64. The molecule has 1 aromatic carbocycles. The molecule has 1 aromatic heterocycles. The van der Waals surface area contributed by atoms with Crippen molar-refractivity contribution in [1.29, 1.82) is 0 Å². The maximum absolute atomic E-state index is 11.3. The van der Waals surface area contributed by atoms with E-state index in [1.165, 1.54) is 11.6 Å². The van der Waals surface area contributed by atoms with Gasteiger partial charge in [-0.3, -0.25) is 4.79 Å². The molecule has 0 amide bonds. The van der Waals surface area contributed by atoms with Crippen LogP contribution in [0.2, 0.25) is 0 Å². The van der Waals surface area contributed by atoms with E-state index in [1.54, 1.807) is 6.92 Å². The summed E-state index contributed by atoms with van der Waals surface area (Å²) >= 11 is 0. The van der Waals surface area contributed by atoms with Gasteiger partial charge in [0.2, 0.25) is 0 Å². The van der Waals surface area contributed by atoms with Crippen LogP contribution in [0.15, 0.2) is 35.1 Å². The predicted molar refractivity (Wildman–Crippen MR) is 64.4 cm³/mol. The Morgan fingerprint density at radius 2 is 1.94 bits per heavy atom. The zero-order valence-electron chi connectivity index (χ0n) is 9.45. The van der Waals surface area contributed by atoms with E-state index in [9.17, 15) is 4.79 Å². The maximum atomic E-state index is 11.3. The Morgan fingerprint density at radius 3 is 2.50 bits per heavy atom. The number of hydrogen-bond donors (Lipinski definition) is 1. The van der Waals surface area contributed by atoms with Crippen molar-refractivity contribution < 1.29 is 0 Å². The number of aromatic nitrogens is 2. The van der Waals surface area contributed by atoms with Crippen LogP contribution in [0.4, 0.5) is 0 Å². The summed E-state index contributed by atoms with van der Waals surface area (Å²) in [6, 6.07) is 9.65. The van der Waals surface area contributed by atoms with Crippen molar-refractivity contribution in [1.82, 2.24) is 9.97 Å². The average molecular weight is 214 g/mol. The molecular weight excluding hydrogens is 200 g/mol. The van der Waals surface area contributed by atoms with Crippen LogP contribution in [-0.4, -0.2) is 9.97 Å². The number of aryl methyl sites for hydroxylation is 2. The molecule has 2 aromatic rings. The molecule has 0 aliphatic carbocycles. The number of nitrogens with zero attached hydrogens (tertiary/aromatic N) is 1. The fraction of sp³-hybridized carbons (Fsp3) is 0.231. The first-order valence-electron chi connectivity index (χ1n) is 5.36. The minimum absolute atomic E-state index is 0.109. The molecule has 0 aliphatic heterocycles. The Labute approximate surface area is 94.2 Å². The molecule has 0 spiro atoms. The van der Waals surface area contributed by atoms with Gasteiger partial charge in [0.1, 0.15) is 5.82 Å². The van der Waals surface area contributed by atoms with Gasteiger partial charge in [0.25, 0.3) is 5.56 Å². The quantitative estimate of drug-likeness (QED) is 0.833. The van der Waals surface area contributed by atoms with Crippen LogP contribution in [0.3, 0.4) is 0 Å². The van der Waals surface area contributed by atoms with Crippen molar-refractivity contribution in [3.63, 3.8) is 0 Å². The molecule has 3 heteroatoms. The lowest BCUT2D eigenvalue weighted by atomic mass is 10.1. The lowest BCUT2D eigenvalue weighted by Crippen LogP contribution is -2.08. The number of hydrogen-bond acceptors (Lipinski definition) is 2. The van der Waals surface area contributed by atoms with Gasteiger partial charge in [-0.25, -0.2) is 4.98 Å². The third-order valence-electron chi connectivity index (χ3n) is 2.52. The molecule has 1 N–H and O–H groups in total. The Kier molecular flexibility index (Phi) is 2.86. The molecule has 0 radical (unpaired) electrons. The lowest BCUT2D eigenvalue weighted by molar-refractivity contribution is 1.02. The van der Waals surface area contributed by atoms with Crippen molar-refractivity contribution in [2.75, 3.05) is 0 Å². The van der Waals surface area contributed by atoms with Crippen LogP contribution in [0.5, 0.6) is 0 Å². The summed E-state index contributed by atoms with van der Waals surface area (Å²) < 4.78 is 0. The van der Waals surface area contributed by atoms with Gasteiger partial charge in [-0.15, -0.1) is 0 Å². The normalized spacial score (nSPS) is 10.4. The van der Waals surface area contributed by atoms with E-state index in [2.05, 4.69) is 29.0 Å². The van der Waals surface area contributed by atoms with Gasteiger partial charge in [0.05, 0.1) is 5.69 Å². The third kappa shape index (κ3) is 2.19. The van der Waals surface area contributed by atoms with Gasteiger partial charge in [0, 0.05) is 11.6 Å². The minimum Gasteiger partial charge on any atom is -0.311 e. The molecular formula is C13H14N2O. The monoisotopic (exact) mass is 214 g/mol. The zero-order chi connectivity index (χ0) is 11.5. The van der Waals surface area contributed by atoms with E-state index in [4.69, 9.17) is 0 Å². The first-order valence-corrected chi connectivity index (χ1v) is 5.36. The highest BCUT2D eigenvalue weighted by atomic mass is 16.1. The van der Waals surface area contributed by atoms with Crippen LogP contribution >= 0.6 is 0 Å². The third-order valence-corrected chi connectivity index (χ3v) is 2.52. The predicted octanol–water partition coefficient (Wildman–Crippen LogP) is 2.31. The second kappa shape index (κ2) is 4.31. The standard InChI is InChI=1S/C13H14N2O/c1-3-10-4-6-11(7-5-10)12-8-13(16)15-9(2)14-12/h4-8H,3H2,1-2H3,(H,14,15,16). The lowest BCUT2D eigenvalue weighted by Gasteiger charge is -2.02. The van der Waals surface area contributed by atoms with E-state index < -0.39 is 0 Å². The van der Waals surface area contributed by atoms with E-state index in [1.807, 2.05) is 12.1 Å². The van der Waals surface area contributed by atoms with E-state index in [0.717, 1.165) is 17.7 Å².